The molecule has 3 rings (SSSR count). The summed E-state index contributed by atoms with van der Waals surface area (Å²) < 4.78 is 32.8. The number of methoxy groups -OCH3 is 1. The smallest absolute Gasteiger partial charge is 0.266 e. The number of nitrogens with zero attached hydrogens (tertiary/aromatic N) is 1. The van der Waals surface area contributed by atoms with Crippen LogP contribution < -0.4 is 10.3 Å². The summed E-state index contributed by atoms with van der Waals surface area (Å²) in [7, 11) is 1.51. The second kappa shape index (κ2) is 6.57. The van der Waals surface area contributed by atoms with Crippen LogP contribution in [-0.4, -0.2) is 12.1 Å². The number of hydrogen-bond donors (Lipinski definition) is 1. The third kappa shape index (κ3) is 3.12. The second-order valence-electron chi connectivity index (χ2n) is 5.27. The SMILES string of the molecule is COc1cccc(-c2cc(-c3cc(F)ccc3F)c(C#N)c(=O)[nH]2)c1. The molecule has 3 aromatic rings. The summed E-state index contributed by atoms with van der Waals surface area (Å²) in [5, 5.41) is 9.26. The number of halogens is 2. The Morgan fingerprint density at radius 3 is 2.60 bits per heavy atom. The molecule has 0 amide bonds. The highest BCUT2D eigenvalue weighted by atomic mass is 19.1. The van der Waals surface area contributed by atoms with E-state index in [0.717, 1.165) is 18.2 Å². The molecule has 0 radical (unpaired) electrons. The average Bonchev–Trinajstić information content (AvgIpc) is 2.63. The number of aromatic nitrogens is 1. The van der Waals surface area contributed by atoms with Crippen LogP contribution in [0.4, 0.5) is 8.78 Å². The van der Waals surface area contributed by atoms with Crippen LogP contribution in [0.15, 0.2) is 53.3 Å². The predicted octanol–water partition coefficient (Wildman–Crippen LogP) is 3.87. The van der Waals surface area contributed by atoms with E-state index in [1.165, 1.54) is 13.2 Å². The van der Waals surface area contributed by atoms with Gasteiger partial charge in [-0.15, -0.1) is 0 Å². The average molecular weight is 338 g/mol. The van der Waals surface area contributed by atoms with Crippen LogP contribution in [-0.2, 0) is 0 Å². The van der Waals surface area contributed by atoms with Gasteiger partial charge in [0.25, 0.3) is 5.56 Å². The zero-order valence-electron chi connectivity index (χ0n) is 13.1. The quantitative estimate of drug-likeness (QED) is 0.788. The summed E-state index contributed by atoms with van der Waals surface area (Å²) in [5.41, 5.74) is -0.106. The number of hydrogen-bond acceptors (Lipinski definition) is 3. The van der Waals surface area contributed by atoms with Gasteiger partial charge in [-0.05, 0) is 36.4 Å². The first-order valence-corrected chi connectivity index (χ1v) is 7.30. The van der Waals surface area contributed by atoms with Crippen LogP contribution >= 0.6 is 0 Å². The van der Waals surface area contributed by atoms with E-state index in [1.807, 2.05) is 0 Å². The van der Waals surface area contributed by atoms with Gasteiger partial charge in [-0.2, -0.15) is 5.26 Å². The molecule has 0 spiro atoms. The standard InChI is InChI=1S/C19H12F2N2O2/c1-25-13-4-2-3-11(7-13)18-9-14(16(10-22)19(24)23-18)15-8-12(20)5-6-17(15)21/h2-9H,1H3,(H,23,24). The maximum absolute atomic E-state index is 14.1. The maximum Gasteiger partial charge on any atom is 0.266 e. The Balaban J connectivity index is 2.28. The van der Waals surface area contributed by atoms with Crippen molar-refractivity contribution >= 4 is 0 Å². The fourth-order valence-corrected chi connectivity index (χ4v) is 2.53. The zero-order chi connectivity index (χ0) is 18.0. The van der Waals surface area contributed by atoms with E-state index in [-0.39, 0.29) is 16.7 Å². The number of rotatable bonds is 3. The van der Waals surface area contributed by atoms with Gasteiger partial charge < -0.3 is 9.72 Å². The topological polar surface area (TPSA) is 65.9 Å². The number of ether oxygens (including phenoxy) is 1. The molecule has 0 atom stereocenters. The van der Waals surface area contributed by atoms with Crippen molar-refractivity contribution in [3.8, 4) is 34.2 Å². The van der Waals surface area contributed by atoms with Crippen molar-refractivity contribution in [2.75, 3.05) is 7.11 Å². The number of benzene rings is 2. The molecular weight excluding hydrogens is 326 g/mol. The van der Waals surface area contributed by atoms with Crippen molar-refractivity contribution in [2.24, 2.45) is 0 Å². The Kier molecular flexibility index (Phi) is 4.31. The normalized spacial score (nSPS) is 10.3. The van der Waals surface area contributed by atoms with Gasteiger partial charge in [-0.1, -0.05) is 12.1 Å². The van der Waals surface area contributed by atoms with Crippen molar-refractivity contribution in [3.63, 3.8) is 0 Å². The number of H-pyrrole nitrogens is 1. The maximum atomic E-state index is 14.1. The van der Waals surface area contributed by atoms with Gasteiger partial charge in [0, 0.05) is 22.4 Å². The first kappa shape index (κ1) is 16.4. The fraction of sp³-hybridized carbons (Fsp3) is 0.0526. The van der Waals surface area contributed by atoms with Crippen molar-refractivity contribution < 1.29 is 13.5 Å². The minimum absolute atomic E-state index is 0.0288. The predicted molar refractivity (Wildman–Crippen MR) is 89.1 cm³/mol. The van der Waals surface area contributed by atoms with Crippen LogP contribution in [0.2, 0.25) is 0 Å². The number of nitriles is 1. The van der Waals surface area contributed by atoms with Crippen molar-refractivity contribution in [1.29, 1.82) is 5.26 Å². The Hall–Kier alpha value is -3.46. The van der Waals surface area contributed by atoms with Gasteiger partial charge in [0.2, 0.25) is 0 Å². The molecule has 25 heavy (non-hydrogen) atoms. The van der Waals surface area contributed by atoms with Crippen LogP contribution in [0.3, 0.4) is 0 Å². The highest BCUT2D eigenvalue weighted by Crippen LogP contribution is 2.29. The number of aromatic amines is 1. The van der Waals surface area contributed by atoms with E-state index in [1.54, 1.807) is 30.3 Å². The molecule has 0 aliphatic rings. The van der Waals surface area contributed by atoms with E-state index < -0.39 is 17.2 Å². The second-order valence-corrected chi connectivity index (χ2v) is 5.27. The minimum Gasteiger partial charge on any atom is -0.497 e. The summed E-state index contributed by atoms with van der Waals surface area (Å²) in [6.07, 6.45) is 0. The largest absolute Gasteiger partial charge is 0.497 e. The summed E-state index contributed by atoms with van der Waals surface area (Å²) in [5.74, 6) is -0.815. The fourth-order valence-electron chi connectivity index (χ4n) is 2.53. The molecule has 0 saturated carbocycles. The van der Waals surface area contributed by atoms with E-state index in [0.29, 0.717) is 17.0 Å². The Labute approximate surface area is 141 Å². The van der Waals surface area contributed by atoms with E-state index in [4.69, 9.17) is 4.74 Å². The summed E-state index contributed by atoms with van der Waals surface area (Å²) in [6, 6.07) is 13.0. The summed E-state index contributed by atoms with van der Waals surface area (Å²) in [6.45, 7) is 0. The van der Waals surface area contributed by atoms with Gasteiger partial charge in [0.05, 0.1) is 7.11 Å². The highest BCUT2D eigenvalue weighted by molar-refractivity contribution is 5.76. The number of pyridine rings is 1. The molecule has 1 aromatic heterocycles. The molecule has 124 valence electrons. The number of nitrogens with one attached hydrogen (secondary N) is 1. The molecule has 0 aliphatic carbocycles. The first-order valence-electron chi connectivity index (χ1n) is 7.30. The summed E-state index contributed by atoms with van der Waals surface area (Å²) in [4.78, 5) is 14.9. The van der Waals surface area contributed by atoms with E-state index >= 15 is 0 Å². The third-order valence-electron chi connectivity index (χ3n) is 3.74. The minimum atomic E-state index is -0.722. The highest BCUT2D eigenvalue weighted by Gasteiger charge is 2.16. The van der Waals surface area contributed by atoms with Gasteiger partial charge in [-0.25, -0.2) is 8.78 Å². The van der Waals surface area contributed by atoms with Crippen molar-refractivity contribution in [1.82, 2.24) is 4.98 Å². The zero-order valence-corrected chi connectivity index (χ0v) is 13.1. The lowest BCUT2D eigenvalue weighted by Crippen LogP contribution is -2.13. The molecular formula is C19H12F2N2O2. The molecule has 2 aromatic carbocycles. The lowest BCUT2D eigenvalue weighted by Gasteiger charge is -2.10. The Morgan fingerprint density at radius 1 is 1.08 bits per heavy atom. The Bertz CT molecular complexity index is 1050. The van der Waals surface area contributed by atoms with Crippen molar-refractivity contribution in [3.05, 3.63) is 76.1 Å². The van der Waals surface area contributed by atoms with Crippen LogP contribution in [0.5, 0.6) is 5.75 Å². The molecule has 0 aliphatic heterocycles. The molecule has 1 heterocycles. The molecule has 0 saturated heterocycles. The third-order valence-corrected chi connectivity index (χ3v) is 3.74. The van der Waals surface area contributed by atoms with Crippen LogP contribution in [0.25, 0.3) is 22.4 Å². The molecule has 1 N–H and O–H groups in total. The van der Waals surface area contributed by atoms with Gasteiger partial charge in [0.15, 0.2) is 0 Å². The van der Waals surface area contributed by atoms with E-state index in [9.17, 15) is 18.8 Å². The van der Waals surface area contributed by atoms with Gasteiger partial charge in [0.1, 0.15) is 29.0 Å². The molecule has 6 heteroatoms. The van der Waals surface area contributed by atoms with Crippen molar-refractivity contribution in [2.45, 2.75) is 0 Å². The molecule has 0 bridgehead atoms. The lowest BCUT2D eigenvalue weighted by atomic mass is 9.98. The molecule has 4 nitrogen and oxygen atoms in total. The van der Waals surface area contributed by atoms with Crippen LogP contribution in [0.1, 0.15) is 5.56 Å². The molecule has 0 fully saturated rings. The monoisotopic (exact) mass is 338 g/mol. The van der Waals surface area contributed by atoms with E-state index in [2.05, 4.69) is 4.98 Å². The summed E-state index contributed by atoms with van der Waals surface area (Å²) >= 11 is 0. The molecule has 0 unspecified atom stereocenters. The Morgan fingerprint density at radius 2 is 1.88 bits per heavy atom. The van der Waals surface area contributed by atoms with Crippen LogP contribution in [0, 0.1) is 23.0 Å². The first-order chi connectivity index (χ1) is 12.0. The van der Waals surface area contributed by atoms with Gasteiger partial charge in [-0.3, -0.25) is 4.79 Å². The lowest BCUT2D eigenvalue weighted by molar-refractivity contribution is 0.415. The van der Waals surface area contributed by atoms with Gasteiger partial charge >= 0.3 is 0 Å².